The van der Waals surface area contributed by atoms with Gasteiger partial charge in [0.05, 0.1) is 50.2 Å². The molecule has 2 aliphatic heterocycles. The van der Waals surface area contributed by atoms with Crippen molar-refractivity contribution in [3.8, 4) is 5.75 Å². The Morgan fingerprint density at radius 1 is 1.05 bits per heavy atom. The van der Waals surface area contributed by atoms with Crippen LogP contribution in [0.15, 0.2) is 76.8 Å². The summed E-state index contributed by atoms with van der Waals surface area (Å²) < 4.78 is 5.60. The molecule has 3 heterocycles. The number of anilines is 2. The minimum Gasteiger partial charge on any atom is -0.854 e. The number of halogens is 1. The maximum Gasteiger partial charge on any atom is 0.139 e. The van der Waals surface area contributed by atoms with Crippen molar-refractivity contribution in [1.82, 2.24) is 9.88 Å². The van der Waals surface area contributed by atoms with Gasteiger partial charge in [-0.2, -0.15) is 4.59 Å². The average Bonchev–Trinajstić information content (AvgIpc) is 3.26. The number of nitrogens with one attached hydrogen (secondary N) is 2. The fourth-order valence-corrected chi connectivity index (χ4v) is 5.05. The molecule has 0 saturated carbocycles. The summed E-state index contributed by atoms with van der Waals surface area (Å²) in [5.74, 6) is 1.39. The normalized spacial score (nSPS) is 16.9. The number of fused-ring (bicyclic) bond motifs is 3. The van der Waals surface area contributed by atoms with Crippen LogP contribution in [0.25, 0.3) is 10.9 Å². The number of hydrogen-bond acceptors (Lipinski definition) is 6. The van der Waals surface area contributed by atoms with Crippen molar-refractivity contribution in [1.29, 1.82) is 0 Å². The van der Waals surface area contributed by atoms with Crippen LogP contribution in [-0.2, 0) is 0 Å². The van der Waals surface area contributed by atoms with E-state index in [2.05, 4.69) is 32.4 Å². The number of likely N-dealkylation sites (N-methyl/N-ethyl adjacent to an activating group) is 1. The van der Waals surface area contributed by atoms with E-state index >= 15 is 0 Å². The molecule has 4 aromatic rings. The number of aromatic nitrogens is 1. The van der Waals surface area contributed by atoms with Gasteiger partial charge in [-0.1, -0.05) is 28.8 Å². The fourth-order valence-electron chi connectivity index (χ4n) is 4.88. The second-order valence-electron chi connectivity index (χ2n) is 9.58. The monoisotopic (exact) mass is 514 g/mol. The third-order valence-corrected chi connectivity index (χ3v) is 7.25. The Morgan fingerprint density at radius 2 is 1.86 bits per heavy atom. The van der Waals surface area contributed by atoms with E-state index in [0.717, 1.165) is 45.1 Å². The molecule has 1 fully saturated rings. The van der Waals surface area contributed by atoms with Crippen molar-refractivity contribution < 1.29 is 14.4 Å². The summed E-state index contributed by atoms with van der Waals surface area (Å²) in [7, 11) is 3.63. The molecule has 0 amide bonds. The average molecular weight is 515 g/mol. The van der Waals surface area contributed by atoms with Crippen LogP contribution in [0.1, 0.15) is 11.3 Å². The number of aliphatic imine (C=N–C) groups is 1. The zero-order valence-electron chi connectivity index (χ0n) is 20.7. The lowest BCUT2D eigenvalue weighted by Crippen LogP contribution is -2.56. The molecule has 0 bridgehead atoms. The van der Waals surface area contributed by atoms with Gasteiger partial charge in [0.1, 0.15) is 24.7 Å². The van der Waals surface area contributed by atoms with Crippen molar-refractivity contribution in [3.05, 3.63) is 83.0 Å². The van der Waals surface area contributed by atoms with E-state index in [4.69, 9.17) is 21.3 Å². The first-order valence-electron chi connectivity index (χ1n) is 12.2. The SMILES string of the molecule is COc1ccc2[nH]c(/C([O-])=N/[N+]3(C)CCN(C4=Nc5cc(Cl)ccc5Nc5ccccc54)CC3)cc2c1. The van der Waals surface area contributed by atoms with Crippen molar-refractivity contribution in [2.45, 2.75) is 0 Å². The predicted molar refractivity (Wildman–Crippen MR) is 146 cm³/mol. The standard InChI is InChI=1S/C28H27ClN6O2/c1-35(33-28(36)26-16-18-15-20(37-2)8-10-22(18)30-26)13-11-34(12-14-35)27-21-5-3-4-6-23(21)31-24-9-7-19(29)17-25(24)32-27/h3-10,15-17H,11-14H2,1-2H3,(H2-,30,31,32,33,36). The number of H-pyrrole nitrogens is 1. The van der Waals surface area contributed by atoms with Gasteiger partial charge in [-0.15, -0.1) is 0 Å². The molecule has 1 aromatic heterocycles. The van der Waals surface area contributed by atoms with Gasteiger partial charge in [-0.05, 0) is 54.6 Å². The molecule has 1 saturated heterocycles. The summed E-state index contributed by atoms with van der Waals surface area (Å²) in [5.41, 5.74) is 5.11. The summed E-state index contributed by atoms with van der Waals surface area (Å²) in [5, 5.41) is 22.8. The number of hydrogen-bond donors (Lipinski definition) is 2. The largest absolute Gasteiger partial charge is 0.854 e. The quantitative estimate of drug-likeness (QED) is 0.240. The zero-order chi connectivity index (χ0) is 25.6. The maximum absolute atomic E-state index is 13.1. The Hall–Kier alpha value is -4.01. The minimum absolute atomic E-state index is 0.254. The highest BCUT2D eigenvalue weighted by molar-refractivity contribution is 6.31. The highest BCUT2D eigenvalue weighted by atomic mass is 35.5. The van der Waals surface area contributed by atoms with E-state index in [1.807, 2.05) is 61.6 Å². The first kappa shape index (κ1) is 23.4. The van der Waals surface area contributed by atoms with Gasteiger partial charge < -0.3 is 25.0 Å². The van der Waals surface area contributed by atoms with Crippen LogP contribution in [0.3, 0.4) is 0 Å². The number of nitrogens with zero attached hydrogens (tertiary/aromatic N) is 4. The number of benzene rings is 3. The molecule has 0 aliphatic carbocycles. The molecule has 0 spiro atoms. The van der Waals surface area contributed by atoms with Gasteiger partial charge in [0.25, 0.3) is 0 Å². The van der Waals surface area contributed by atoms with E-state index in [9.17, 15) is 5.11 Å². The lowest BCUT2D eigenvalue weighted by Gasteiger charge is -2.39. The smallest absolute Gasteiger partial charge is 0.139 e. The van der Waals surface area contributed by atoms with Gasteiger partial charge in [0.2, 0.25) is 0 Å². The summed E-state index contributed by atoms with van der Waals surface area (Å²) in [6.07, 6.45) is 0. The molecule has 188 valence electrons. The van der Waals surface area contributed by atoms with Gasteiger partial charge in [0.15, 0.2) is 0 Å². The Kier molecular flexibility index (Phi) is 5.78. The van der Waals surface area contributed by atoms with Gasteiger partial charge in [0, 0.05) is 27.2 Å². The van der Waals surface area contributed by atoms with Gasteiger partial charge >= 0.3 is 0 Å². The third-order valence-electron chi connectivity index (χ3n) is 7.02. The van der Waals surface area contributed by atoms with E-state index in [0.29, 0.717) is 41.5 Å². The van der Waals surface area contributed by atoms with Crippen LogP contribution >= 0.6 is 11.6 Å². The lowest BCUT2D eigenvalue weighted by atomic mass is 10.1. The summed E-state index contributed by atoms with van der Waals surface area (Å²) in [6, 6.07) is 21.4. The van der Waals surface area contributed by atoms with Crippen LogP contribution in [0, 0.1) is 0 Å². The summed E-state index contributed by atoms with van der Waals surface area (Å²) >= 11 is 6.29. The first-order chi connectivity index (χ1) is 17.9. The van der Waals surface area contributed by atoms with E-state index < -0.39 is 0 Å². The number of quaternary nitrogens is 1. The Morgan fingerprint density at radius 3 is 2.68 bits per heavy atom. The number of rotatable bonds is 3. The number of piperazine rings is 1. The summed E-state index contributed by atoms with van der Waals surface area (Å²) in [6.45, 7) is 2.77. The second-order valence-corrected chi connectivity index (χ2v) is 10.0. The molecule has 2 aliphatic rings. The number of amidine groups is 1. The van der Waals surface area contributed by atoms with Crippen molar-refractivity contribution in [2.75, 3.05) is 45.7 Å². The van der Waals surface area contributed by atoms with Crippen molar-refractivity contribution >= 4 is 51.3 Å². The molecule has 9 heteroatoms. The molecular formula is C28H27ClN6O2. The van der Waals surface area contributed by atoms with Gasteiger partial charge in [-0.25, -0.2) is 4.99 Å². The number of methoxy groups -OCH3 is 1. The number of para-hydroxylation sites is 1. The molecule has 6 rings (SSSR count). The van der Waals surface area contributed by atoms with E-state index in [1.165, 1.54) is 0 Å². The predicted octanol–water partition coefficient (Wildman–Crippen LogP) is 4.45. The van der Waals surface area contributed by atoms with Crippen LogP contribution < -0.4 is 15.2 Å². The third kappa shape index (κ3) is 4.50. The zero-order valence-corrected chi connectivity index (χ0v) is 21.4. The van der Waals surface area contributed by atoms with Crippen LogP contribution in [-0.4, -0.2) is 66.5 Å². The van der Waals surface area contributed by atoms with Crippen LogP contribution in [0.2, 0.25) is 5.02 Å². The van der Waals surface area contributed by atoms with Crippen LogP contribution in [0.4, 0.5) is 17.1 Å². The minimum atomic E-state index is -0.254. The molecule has 0 unspecified atom stereocenters. The molecule has 0 atom stereocenters. The first-order valence-corrected chi connectivity index (χ1v) is 12.6. The van der Waals surface area contributed by atoms with Crippen molar-refractivity contribution in [3.63, 3.8) is 0 Å². The fraction of sp³-hybridized carbons (Fsp3) is 0.214. The summed E-state index contributed by atoms with van der Waals surface area (Å²) in [4.78, 5) is 10.5. The Balaban J connectivity index is 1.26. The maximum atomic E-state index is 13.1. The lowest BCUT2D eigenvalue weighted by molar-refractivity contribution is -0.920. The molecule has 0 radical (unpaired) electrons. The van der Waals surface area contributed by atoms with Gasteiger partial charge in [-0.3, -0.25) is 0 Å². The highest BCUT2D eigenvalue weighted by Crippen LogP contribution is 2.36. The highest BCUT2D eigenvalue weighted by Gasteiger charge is 2.32. The Bertz CT molecular complexity index is 1550. The van der Waals surface area contributed by atoms with E-state index in [-0.39, 0.29) is 5.90 Å². The van der Waals surface area contributed by atoms with Crippen LogP contribution in [0.5, 0.6) is 5.75 Å². The molecule has 3 aromatic carbocycles. The topological polar surface area (TPSA) is 88.1 Å². The molecule has 37 heavy (non-hydrogen) atoms. The molecule has 2 N–H and O–H groups in total. The van der Waals surface area contributed by atoms with Crippen molar-refractivity contribution in [2.24, 2.45) is 10.1 Å². The van der Waals surface area contributed by atoms with E-state index in [1.54, 1.807) is 7.11 Å². The Labute approximate surface area is 220 Å². The number of ether oxygens (including phenoxy) is 1. The number of aromatic amines is 1. The molecule has 8 nitrogen and oxygen atoms in total. The molecular weight excluding hydrogens is 488 g/mol. The second kappa shape index (κ2) is 9.14.